The van der Waals surface area contributed by atoms with Crippen LogP contribution in [0.2, 0.25) is 0 Å². The molecule has 1 aromatic rings. The molecule has 1 aromatic carbocycles. The summed E-state index contributed by atoms with van der Waals surface area (Å²) < 4.78 is 5.48. The molecule has 1 fully saturated rings. The van der Waals surface area contributed by atoms with Crippen molar-refractivity contribution in [3.05, 3.63) is 29.3 Å². The molecule has 1 atom stereocenters. The zero-order valence-corrected chi connectivity index (χ0v) is 13.0. The van der Waals surface area contributed by atoms with Gasteiger partial charge < -0.3 is 10.5 Å². The van der Waals surface area contributed by atoms with Crippen molar-refractivity contribution >= 4 is 0 Å². The second kappa shape index (κ2) is 7.68. The predicted molar refractivity (Wildman–Crippen MR) is 85.2 cm³/mol. The molecular formula is C18H29NO. The van der Waals surface area contributed by atoms with Gasteiger partial charge in [-0.2, -0.15) is 0 Å². The first kappa shape index (κ1) is 15.4. The normalized spacial score (nSPS) is 19.1. The average Bonchev–Trinajstić information content (AvgIpc) is 2.38. The third-order valence-electron chi connectivity index (χ3n) is 4.65. The number of nitrogens with two attached hydrogens (primary N) is 1. The van der Waals surface area contributed by atoms with Crippen LogP contribution in [0.15, 0.2) is 18.2 Å². The van der Waals surface area contributed by atoms with Crippen molar-refractivity contribution < 1.29 is 4.74 Å². The largest absolute Gasteiger partial charge is 0.496 e. The second-order valence-corrected chi connectivity index (χ2v) is 6.29. The van der Waals surface area contributed by atoms with Crippen LogP contribution in [0, 0.1) is 12.8 Å². The Morgan fingerprint density at radius 2 is 1.80 bits per heavy atom. The Bertz CT molecular complexity index is 408. The van der Waals surface area contributed by atoms with E-state index in [4.69, 9.17) is 10.5 Å². The van der Waals surface area contributed by atoms with Crippen molar-refractivity contribution in [2.75, 3.05) is 7.11 Å². The van der Waals surface area contributed by atoms with E-state index in [1.165, 1.54) is 56.1 Å². The topological polar surface area (TPSA) is 35.2 Å². The van der Waals surface area contributed by atoms with Crippen molar-refractivity contribution in [2.45, 2.75) is 64.3 Å². The first-order valence-electron chi connectivity index (χ1n) is 8.10. The van der Waals surface area contributed by atoms with Gasteiger partial charge in [-0.15, -0.1) is 0 Å². The van der Waals surface area contributed by atoms with Crippen LogP contribution in [0.25, 0.3) is 0 Å². The van der Waals surface area contributed by atoms with Gasteiger partial charge in [0.05, 0.1) is 7.11 Å². The molecule has 1 saturated carbocycles. The molecule has 0 spiro atoms. The SMILES string of the molecule is COc1ccc(C)cc1CC(N)C1CCCCCCC1. The molecule has 0 heterocycles. The van der Waals surface area contributed by atoms with Crippen molar-refractivity contribution in [1.82, 2.24) is 0 Å². The van der Waals surface area contributed by atoms with Crippen LogP contribution < -0.4 is 10.5 Å². The molecule has 2 rings (SSSR count). The highest BCUT2D eigenvalue weighted by atomic mass is 16.5. The van der Waals surface area contributed by atoms with E-state index in [1.54, 1.807) is 7.11 Å². The monoisotopic (exact) mass is 275 g/mol. The molecule has 2 N–H and O–H groups in total. The molecule has 2 nitrogen and oxygen atoms in total. The zero-order valence-electron chi connectivity index (χ0n) is 13.0. The molecular weight excluding hydrogens is 246 g/mol. The van der Waals surface area contributed by atoms with Gasteiger partial charge in [-0.1, -0.05) is 49.8 Å². The van der Waals surface area contributed by atoms with E-state index in [0.717, 1.165) is 12.2 Å². The molecule has 2 heteroatoms. The van der Waals surface area contributed by atoms with Crippen LogP contribution in [0.4, 0.5) is 0 Å². The molecule has 1 unspecified atom stereocenters. The second-order valence-electron chi connectivity index (χ2n) is 6.29. The van der Waals surface area contributed by atoms with Crippen molar-refractivity contribution in [1.29, 1.82) is 0 Å². The van der Waals surface area contributed by atoms with Crippen LogP contribution in [0.3, 0.4) is 0 Å². The Morgan fingerprint density at radius 1 is 1.15 bits per heavy atom. The number of rotatable bonds is 4. The fourth-order valence-electron chi connectivity index (χ4n) is 3.40. The van der Waals surface area contributed by atoms with E-state index in [2.05, 4.69) is 25.1 Å². The zero-order chi connectivity index (χ0) is 14.4. The summed E-state index contributed by atoms with van der Waals surface area (Å²) in [6.45, 7) is 2.13. The van der Waals surface area contributed by atoms with Crippen molar-refractivity contribution in [2.24, 2.45) is 11.7 Å². The summed E-state index contributed by atoms with van der Waals surface area (Å²) in [5, 5.41) is 0. The number of ether oxygens (including phenoxy) is 1. The lowest BCUT2D eigenvalue weighted by Crippen LogP contribution is -2.33. The molecule has 0 amide bonds. The smallest absolute Gasteiger partial charge is 0.122 e. The van der Waals surface area contributed by atoms with Crippen molar-refractivity contribution in [3.8, 4) is 5.75 Å². The standard InChI is InChI=1S/C18H29NO/c1-14-10-11-18(20-2)16(12-14)13-17(19)15-8-6-4-3-5-7-9-15/h10-12,15,17H,3-9,13,19H2,1-2H3. The van der Waals surface area contributed by atoms with E-state index in [-0.39, 0.29) is 6.04 Å². The number of benzene rings is 1. The van der Waals surface area contributed by atoms with Crippen LogP contribution >= 0.6 is 0 Å². The Hall–Kier alpha value is -1.02. The summed E-state index contributed by atoms with van der Waals surface area (Å²) in [5.41, 5.74) is 9.07. The van der Waals surface area contributed by atoms with Gasteiger partial charge in [0.15, 0.2) is 0 Å². The van der Waals surface area contributed by atoms with Gasteiger partial charge in [0.25, 0.3) is 0 Å². The third-order valence-corrected chi connectivity index (χ3v) is 4.65. The predicted octanol–water partition coefficient (Wildman–Crippen LogP) is 4.23. The summed E-state index contributed by atoms with van der Waals surface area (Å²) in [6.07, 6.45) is 10.4. The maximum atomic E-state index is 6.52. The van der Waals surface area contributed by atoms with Crippen LogP contribution in [0.1, 0.15) is 56.1 Å². The van der Waals surface area contributed by atoms with E-state index in [0.29, 0.717) is 5.92 Å². The summed E-state index contributed by atoms with van der Waals surface area (Å²) in [6, 6.07) is 6.66. The quantitative estimate of drug-likeness (QED) is 0.892. The minimum absolute atomic E-state index is 0.267. The molecule has 20 heavy (non-hydrogen) atoms. The van der Waals surface area contributed by atoms with Gasteiger partial charge in [-0.25, -0.2) is 0 Å². The summed E-state index contributed by atoms with van der Waals surface area (Å²) in [4.78, 5) is 0. The molecule has 0 saturated heterocycles. The minimum Gasteiger partial charge on any atom is -0.496 e. The fraction of sp³-hybridized carbons (Fsp3) is 0.667. The molecule has 1 aliphatic rings. The van der Waals surface area contributed by atoms with Gasteiger partial charge in [0.2, 0.25) is 0 Å². The van der Waals surface area contributed by atoms with Gasteiger partial charge in [-0.3, -0.25) is 0 Å². The first-order chi connectivity index (χ1) is 9.70. The van der Waals surface area contributed by atoms with E-state index < -0.39 is 0 Å². The molecule has 1 aliphatic carbocycles. The lowest BCUT2D eigenvalue weighted by atomic mass is 9.83. The molecule has 0 bridgehead atoms. The minimum atomic E-state index is 0.267. The Balaban J connectivity index is 2.02. The lowest BCUT2D eigenvalue weighted by Gasteiger charge is -2.26. The van der Waals surface area contributed by atoms with E-state index in [1.807, 2.05) is 0 Å². The number of hydrogen-bond acceptors (Lipinski definition) is 2. The highest BCUT2D eigenvalue weighted by Crippen LogP contribution is 2.28. The first-order valence-corrected chi connectivity index (χ1v) is 8.10. The highest BCUT2D eigenvalue weighted by Gasteiger charge is 2.20. The average molecular weight is 275 g/mol. The Labute approximate surface area is 123 Å². The maximum Gasteiger partial charge on any atom is 0.122 e. The van der Waals surface area contributed by atoms with E-state index in [9.17, 15) is 0 Å². The fourth-order valence-corrected chi connectivity index (χ4v) is 3.40. The highest BCUT2D eigenvalue weighted by molar-refractivity contribution is 5.37. The van der Waals surface area contributed by atoms with Crippen LogP contribution in [-0.2, 0) is 6.42 Å². The Kier molecular flexibility index (Phi) is 5.90. The summed E-state index contributed by atoms with van der Waals surface area (Å²) >= 11 is 0. The molecule has 0 aliphatic heterocycles. The van der Waals surface area contributed by atoms with Gasteiger partial charge in [0, 0.05) is 6.04 Å². The molecule has 0 aromatic heterocycles. The van der Waals surface area contributed by atoms with Crippen molar-refractivity contribution in [3.63, 3.8) is 0 Å². The lowest BCUT2D eigenvalue weighted by molar-refractivity contribution is 0.319. The van der Waals surface area contributed by atoms with Gasteiger partial charge in [0.1, 0.15) is 5.75 Å². The number of methoxy groups -OCH3 is 1. The third kappa shape index (κ3) is 4.24. The van der Waals surface area contributed by atoms with Gasteiger partial charge in [-0.05, 0) is 43.7 Å². The van der Waals surface area contributed by atoms with Crippen LogP contribution in [0.5, 0.6) is 5.75 Å². The molecule has 0 radical (unpaired) electrons. The van der Waals surface area contributed by atoms with Crippen LogP contribution in [-0.4, -0.2) is 13.2 Å². The molecule has 112 valence electrons. The summed E-state index contributed by atoms with van der Waals surface area (Å²) in [7, 11) is 1.75. The maximum absolute atomic E-state index is 6.52. The number of hydrogen-bond donors (Lipinski definition) is 1. The number of aryl methyl sites for hydroxylation is 1. The van der Waals surface area contributed by atoms with E-state index >= 15 is 0 Å². The van der Waals surface area contributed by atoms with Gasteiger partial charge >= 0.3 is 0 Å². The Morgan fingerprint density at radius 3 is 2.45 bits per heavy atom. The summed E-state index contributed by atoms with van der Waals surface area (Å²) in [5.74, 6) is 1.66.